The summed E-state index contributed by atoms with van der Waals surface area (Å²) in [7, 11) is 0. The van der Waals surface area contributed by atoms with Crippen LogP contribution in [0.3, 0.4) is 0 Å². The summed E-state index contributed by atoms with van der Waals surface area (Å²) >= 11 is 0. The van der Waals surface area contributed by atoms with Crippen molar-refractivity contribution >= 4 is 6.09 Å². The van der Waals surface area contributed by atoms with E-state index in [1.807, 2.05) is 30.3 Å². The molecule has 2 heterocycles. The molecule has 1 saturated heterocycles. The summed E-state index contributed by atoms with van der Waals surface area (Å²) in [5, 5.41) is 0. The topological polar surface area (TPSA) is 68.5 Å². The van der Waals surface area contributed by atoms with Gasteiger partial charge in [0.1, 0.15) is 12.4 Å². The summed E-state index contributed by atoms with van der Waals surface area (Å²) in [5.74, 6) is -0.266. The zero-order valence-electron chi connectivity index (χ0n) is 14.0. The van der Waals surface area contributed by atoms with Crippen molar-refractivity contribution in [3.63, 3.8) is 0 Å². The van der Waals surface area contributed by atoms with E-state index in [2.05, 4.69) is 4.98 Å². The van der Waals surface area contributed by atoms with Crippen LogP contribution in [-0.4, -0.2) is 35.1 Å². The number of amides is 1. The molecule has 1 aromatic carbocycles. The SMILES string of the molecule is NCC1CC(c2ccncc2F)CCN1C(=O)OCc1ccccc1. The van der Waals surface area contributed by atoms with Gasteiger partial charge in [0.25, 0.3) is 0 Å². The molecule has 6 heteroatoms. The van der Waals surface area contributed by atoms with Crippen LogP contribution in [0.15, 0.2) is 48.8 Å². The number of halogens is 1. The van der Waals surface area contributed by atoms with Crippen molar-refractivity contribution in [1.29, 1.82) is 0 Å². The van der Waals surface area contributed by atoms with Gasteiger partial charge in [0.2, 0.25) is 0 Å². The molecule has 3 rings (SSSR count). The first kappa shape index (κ1) is 17.4. The Balaban J connectivity index is 1.62. The molecule has 2 N–H and O–H groups in total. The third-order valence-corrected chi connectivity index (χ3v) is 4.67. The van der Waals surface area contributed by atoms with Gasteiger partial charge in [-0.15, -0.1) is 0 Å². The molecule has 1 amide bonds. The van der Waals surface area contributed by atoms with Crippen molar-refractivity contribution in [1.82, 2.24) is 9.88 Å². The zero-order valence-corrected chi connectivity index (χ0v) is 14.0. The number of piperidine rings is 1. The number of likely N-dealkylation sites (tertiary alicyclic amines) is 1. The number of carbonyl (C=O) groups is 1. The van der Waals surface area contributed by atoms with Gasteiger partial charge in [-0.1, -0.05) is 30.3 Å². The van der Waals surface area contributed by atoms with Gasteiger partial charge in [0.05, 0.1) is 6.20 Å². The van der Waals surface area contributed by atoms with Crippen LogP contribution in [0.4, 0.5) is 9.18 Å². The first-order valence-electron chi connectivity index (χ1n) is 8.46. The molecule has 1 aromatic heterocycles. The summed E-state index contributed by atoms with van der Waals surface area (Å²) in [5.41, 5.74) is 7.44. The van der Waals surface area contributed by atoms with E-state index in [0.717, 1.165) is 5.56 Å². The predicted octanol–water partition coefficient (Wildman–Crippen LogP) is 3.06. The number of ether oxygens (including phenoxy) is 1. The number of hydrogen-bond acceptors (Lipinski definition) is 4. The van der Waals surface area contributed by atoms with Gasteiger partial charge in [0, 0.05) is 25.3 Å². The second-order valence-electron chi connectivity index (χ2n) is 6.24. The minimum atomic E-state index is -0.368. The average molecular weight is 343 g/mol. The average Bonchev–Trinajstić information content (AvgIpc) is 2.67. The van der Waals surface area contributed by atoms with Crippen LogP contribution < -0.4 is 5.73 Å². The molecule has 132 valence electrons. The molecule has 0 aliphatic carbocycles. The van der Waals surface area contributed by atoms with Crippen LogP contribution in [0.25, 0.3) is 0 Å². The highest BCUT2D eigenvalue weighted by atomic mass is 19.1. The highest BCUT2D eigenvalue weighted by Gasteiger charge is 2.33. The molecule has 2 unspecified atom stereocenters. The lowest BCUT2D eigenvalue weighted by molar-refractivity contribution is 0.0659. The van der Waals surface area contributed by atoms with Gasteiger partial charge >= 0.3 is 6.09 Å². The van der Waals surface area contributed by atoms with E-state index in [1.165, 1.54) is 6.20 Å². The Morgan fingerprint density at radius 3 is 2.84 bits per heavy atom. The lowest BCUT2D eigenvalue weighted by Crippen LogP contribution is -2.49. The fourth-order valence-corrected chi connectivity index (χ4v) is 3.32. The van der Waals surface area contributed by atoms with Crippen molar-refractivity contribution in [3.05, 3.63) is 65.7 Å². The quantitative estimate of drug-likeness (QED) is 0.926. The highest BCUT2D eigenvalue weighted by molar-refractivity contribution is 5.68. The van der Waals surface area contributed by atoms with Crippen LogP contribution in [0.5, 0.6) is 0 Å². The smallest absolute Gasteiger partial charge is 0.410 e. The molecule has 1 fully saturated rings. The van der Waals surface area contributed by atoms with Crippen LogP contribution in [0.1, 0.15) is 29.9 Å². The Hall–Kier alpha value is -2.47. The van der Waals surface area contributed by atoms with Crippen molar-refractivity contribution in [3.8, 4) is 0 Å². The standard InChI is InChI=1S/C19H22FN3O2/c20-18-12-22-8-6-17(18)15-7-9-23(16(10-15)11-21)19(24)25-13-14-4-2-1-3-5-14/h1-6,8,12,15-16H,7,9-11,13,21H2. The third-order valence-electron chi connectivity index (χ3n) is 4.67. The lowest BCUT2D eigenvalue weighted by Gasteiger charge is -2.38. The zero-order chi connectivity index (χ0) is 17.6. The second-order valence-corrected chi connectivity index (χ2v) is 6.24. The van der Waals surface area contributed by atoms with E-state index in [0.29, 0.717) is 31.5 Å². The molecule has 1 aliphatic rings. The monoisotopic (exact) mass is 343 g/mol. The fraction of sp³-hybridized carbons (Fsp3) is 0.368. The van der Waals surface area contributed by atoms with Gasteiger partial charge in [-0.2, -0.15) is 0 Å². The number of hydrogen-bond donors (Lipinski definition) is 1. The highest BCUT2D eigenvalue weighted by Crippen LogP contribution is 2.32. The van der Waals surface area contributed by atoms with Crippen molar-refractivity contribution < 1.29 is 13.9 Å². The Morgan fingerprint density at radius 1 is 1.32 bits per heavy atom. The summed E-state index contributed by atoms with van der Waals surface area (Å²) in [4.78, 5) is 17.9. The molecule has 0 radical (unpaired) electrons. The van der Waals surface area contributed by atoms with Crippen molar-refractivity contribution in [2.75, 3.05) is 13.1 Å². The number of nitrogens with zero attached hydrogens (tertiary/aromatic N) is 2. The maximum atomic E-state index is 14.0. The molecule has 0 saturated carbocycles. The number of pyridine rings is 1. The summed E-state index contributed by atoms with van der Waals surface area (Å²) in [6.07, 6.45) is 3.76. The van der Waals surface area contributed by atoms with Gasteiger partial charge in [-0.05, 0) is 36.0 Å². The van der Waals surface area contributed by atoms with E-state index in [4.69, 9.17) is 10.5 Å². The number of nitrogens with two attached hydrogens (primary N) is 1. The number of carbonyl (C=O) groups excluding carboxylic acids is 1. The van der Waals surface area contributed by atoms with Crippen LogP contribution in [-0.2, 0) is 11.3 Å². The summed E-state index contributed by atoms with van der Waals surface area (Å²) < 4.78 is 19.4. The Labute approximate surface area is 146 Å². The Morgan fingerprint density at radius 2 is 2.12 bits per heavy atom. The summed E-state index contributed by atoms with van der Waals surface area (Å²) in [6, 6.07) is 11.1. The molecule has 25 heavy (non-hydrogen) atoms. The first-order chi connectivity index (χ1) is 12.2. The molecule has 5 nitrogen and oxygen atoms in total. The minimum absolute atomic E-state index is 0.0368. The number of benzene rings is 1. The number of aromatic nitrogens is 1. The summed E-state index contributed by atoms with van der Waals surface area (Å²) in [6.45, 7) is 1.06. The van der Waals surface area contributed by atoms with Crippen molar-refractivity contribution in [2.45, 2.75) is 31.4 Å². The van der Waals surface area contributed by atoms with Crippen LogP contribution in [0.2, 0.25) is 0 Å². The van der Waals surface area contributed by atoms with Crippen LogP contribution >= 0.6 is 0 Å². The molecule has 1 aliphatic heterocycles. The molecule has 0 bridgehead atoms. The Bertz CT molecular complexity index is 711. The second kappa shape index (κ2) is 8.07. The molecule has 0 spiro atoms. The van der Waals surface area contributed by atoms with E-state index in [9.17, 15) is 9.18 Å². The van der Waals surface area contributed by atoms with E-state index in [1.54, 1.807) is 17.2 Å². The number of rotatable bonds is 4. The third kappa shape index (κ3) is 4.14. The molecular formula is C19H22FN3O2. The predicted molar refractivity (Wildman–Crippen MR) is 92.3 cm³/mol. The van der Waals surface area contributed by atoms with E-state index in [-0.39, 0.29) is 30.5 Å². The maximum Gasteiger partial charge on any atom is 0.410 e. The normalized spacial score (nSPS) is 20.3. The Kier molecular flexibility index (Phi) is 5.60. The van der Waals surface area contributed by atoms with Gasteiger partial charge in [-0.3, -0.25) is 4.98 Å². The van der Waals surface area contributed by atoms with Gasteiger partial charge < -0.3 is 15.4 Å². The first-order valence-corrected chi connectivity index (χ1v) is 8.46. The van der Waals surface area contributed by atoms with Gasteiger partial charge in [0.15, 0.2) is 0 Å². The lowest BCUT2D eigenvalue weighted by atomic mass is 9.85. The van der Waals surface area contributed by atoms with E-state index < -0.39 is 0 Å². The largest absolute Gasteiger partial charge is 0.445 e. The van der Waals surface area contributed by atoms with Crippen molar-refractivity contribution in [2.24, 2.45) is 5.73 Å². The van der Waals surface area contributed by atoms with Gasteiger partial charge in [-0.25, -0.2) is 9.18 Å². The maximum absolute atomic E-state index is 14.0. The minimum Gasteiger partial charge on any atom is -0.445 e. The molecular weight excluding hydrogens is 321 g/mol. The molecule has 2 atom stereocenters. The fourth-order valence-electron chi connectivity index (χ4n) is 3.32. The molecule has 2 aromatic rings. The van der Waals surface area contributed by atoms with E-state index >= 15 is 0 Å². The van der Waals surface area contributed by atoms with Crippen LogP contribution in [0, 0.1) is 5.82 Å².